The SMILES string of the molecule is COc1ccccc1N1CCN(CCCOc2ccc(-n3nc4ccccc4n3)cc2)CC1. The number of fused-ring (bicyclic) bond motifs is 1. The van der Waals surface area contributed by atoms with Crippen LogP contribution in [0.4, 0.5) is 5.69 Å². The third kappa shape index (κ3) is 4.93. The van der Waals surface area contributed by atoms with Crippen molar-refractivity contribution in [2.75, 3.05) is 51.3 Å². The van der Waals surface area contributed by atoms with Crippen LogP contribution in [-0.2, 0) is 0 Å². The lowest BCUT2D eigenvalue weighted by Gasteiger charge is -2.36. The normalized spacial score (nSPS) is 14.5. The van der Waals surface area contributed by atoms with Gasteiger partial charge in [-0.25, -0.2) is 0 Å². The average molecular weight is 444 g/mol. The summed E-state index contributed by atoms with van der Waals surface area (Å²) in [5.41, 5.74) is 3.89. The van der Waals surface area contributed by atoms with Gasteiger partial charge in [0.25, 0.3) is 0 Å². The average Bonchev–Trinajstić information content (AvgIpc) is 3.32. The first-order chi connectivity index (χ1) is 16.3. The monoisotopic (exact) mass is 443 g/mol. The zero-order valence-corrected chi connectivity index (χ0v) is 18.9. The Kier molecular flexibility index (Phi) is 6.39. The van der Waals surface area contributed by atoms with Crippen LogP contribution >= 0.6 is 0 Å². The predicted molar refractivity (Wildman–Crippen MR) is 131 cm³/mol. The topological polar surface area (TPSA) is 55.7 Å². The molecule has 4 aromatic rings. The third-order valence-corrected chi connectivity index (χ3v) is 6.04. The fourth-order valence-corrected chi connectivity index (χ4v) is 4.23. The van der Waals surface area contributed by atoms with Crippen LogP contribution in [-0.4, -0.2) is 66.3 Å². The van der Waals surface area contributed by atoms with Crippen molar-refractivity contribution in [3.8, 4) is 17.2 Å². The van der Waals surface area contributed by atoms with Crippen LogP contribution in [0.1, 0.15) is 6.42 Å². The molecule has 0 bridgehead atoms. The first-order valence-electron chi connectivity index (χ1n) is 11.5. The molecule has 5 rings (SSSR count). The molecule has 1 saturated heterocycles. The summed E-state index contributed by atoms with van der Waals surface area (Å²) < 4.78 is 11.5. The van der Waals surface area contributed by atoms with Crippen molar-refractivity contribution < 1.29 is 9.47 Å². The summed E-state index contributed by atoms with van der Waals surface area (Å²) in [6.07, 6.45) is 1.00. The lowest BCUT2D eigenvalue weighted by Crippen LogP contribution is -2.46. The Balaban J connectivity index is 1.06. The van der Waals surface area contributed by atoms with Gasteiger partial charge in [-0.15, -0.1) is 10.2 Å². The Bertz CT molecular complexity index is 1150. The van der Waals surface area contributed by atoms with Crippen LogP contribution in [0.3, 0.4) is 0 Å². The summed E-state index contributed by atoms with van der Waals surface area (Å²) in [4.78, 5) is 6.58. The van der Waals surface area contributed by atoms with E-state index in [0.717, 1.165) is 67.4 Å². The van der Waals surface area contributed by atoms with Crippen molar-refractivity contribution in [3.63, 3.8) is 0 Å². The van der Waals surface area contributed by atoms with Gasteiger partial charge in [0.1, 0.15) is 22.5 Å². The maximum atomic E-state index is 5.96. The number of methoxy groups -OCH3 is 1. The van der Waals surface area contributed by atoms with Crippen LogP contribution in [0.15, 0.2) is 72.8 Å². The van der Waals surface area contributed by atoms with E-state index >= 15 is 0 Å². The molecule has 2 heterocycles. The van der Waals surface area contributed by atoms with Crippen LogP contribution in [0.2, 0.25) is 0 Å². The Hall–Kier alpha value is -3.58. The summed E-state index contributed by atoms with van der Waals surface area (Å²) in [6, 6.07) is 24.1. The summed E-state index contributed by atoms with van der Waals surface area (Å²) in [5, 5.41) is 9.05. The standard InChI is InChI=1S/C26H29N5O2/c1-32-26-10-5-4-9-25(26)30-18-16-29(17-19-30)15-6-20-33-22-13-11-21(12-14-22)31-27-23-7-2-3-8-24(23)28-31/h2-5,7-14H,6,15-20H2,1H3. The number of aromatic nitrogens is 3. The van der Waals surface area contributed by atoms with Crippen molar-refractivity contribution in [2.24, 2.45) is 0 Å². The second kappa shape index (κ2) is 9.92. The lowest BCUT2D eigenvalue weighted by molar-refractivity contribution is 0.224. The van der Waals surface area contributed by atoms with Gasteiger partial charge in [-0.05, 0) is 55.0 Å². The van der Waals surface area contributed by atoms with Crippen molar-refractivity contribution in [2.45, 2.75) is 6.42 Å². The fraction of sp³-hybridized carbons (Fsp3) is 0.308. The Morgan fingerprint density at radius 1 is 0.788 bits per heavy atom. The Morgan fingerprint density at radius 2 is 1.45 bits per heavy atom. The van der Waals surface area contributed by atoms with Gasteiger partial charge in [0, 0.05) is 32.7 Å². The number of piperazine rings is 1. The molecule has 1 aliphatic rings. The quantitative estimate of drug-likeness (QED) is 0.384. The molecule has 0 aliphatic carbocycles. The molecule has 1 aliphatic heterocycles. The molecule has 0 radical (unpaired) electrons. The van der Waals surface area contributed by atoms with E-state index in [1.54, 1.807) is 11.9 Å². The number of para-hydroxylation sites is 2. The molecule has 3 aromatic carbocycles. The van der Waals surface area contributed by atoms with Gasteiger partial charge in [-0.1, -0.05) is 24.3 Å². The van der Waals surface area contributed by atoms with E-state index in [2.05, 4.69) is 32.1 Å². The molecule has 0 spiro atoms. The maximum absolute atomic E-state index is 5.96. The van der Waals surface area contributed by atoms with Gasteiger partial charge >= 0.3 is 0 Å². The molecular formula is C26H29N5O2. The molecule has 33 heavy (non-hydrogen) atoms. The van der Waals surface area contributed by atoms with E-state index in [-0.39, 0.29) is 0 Å². The van der Waals surface area contributed by atoms with E-state index in [4.69, 9.17) is 9.47 Å². The first-order valence-corrected chi connectivity index (χ1v) is 11.5. The van der Waals surface area contributed by atoms with Crippen LogP contribution < -0.4 is 14.4 Å². The molecule has 0 unspecified atom stereocenters. The maximum Gasteiger partial charge on any atom is 0.142 e. The lowest BCUT2D eigenvalue weighted by atomic mass is 10.2. The molecule has 170 valence electrons. The van der Waals surface area contributed by atoms with E-state index in [0.29, 0.717) is 6.61 Å². The highest BCUT2D eigenvalue weighted by Crippen LogP contribution is 2.28. The molecule has 7 heteroatoms. The van der Waals surface area contributed by atoms with Crippen LogP contribution in [0.25, 0.3) is 16.7 Å². The number of ether oxygens (including phenoxy) is 2. The van der Waals surface area contributed by atoms with Gasteiger partial charge < -0.3 is 14.4 Å². The number of hydrogen-bond donors (Lipinski definition) is 0. The van der Waals surface area contributed by atoms with Gasteiger partial charge in [0.05, 0.1) is 25.1 Å². The van der Waals surface area contributed by atoms with Gasteiger partial charge in [-0.2, -0.15) is 4.80 Å². The third-order valence-electron chi connectivity index (χ3n) is 6.04. The summed E-state index contributed by atoms with van der Waals surface area (Å²) >= 11 is 0. The summed E-state index contributed by atoms with van der Waals surface area (Å²) in [5.74, 6) is 1.82. The summed E-state index contributed by atoms with van der Waals surface area (Å²) in [6.45, 7) is 5.88. The zero-order valence-electron chi connectivity index (χ0n) is 18.9. The van der Waals surface area contributed by atoms with Crippen molar-refractivity contribution in [1.82, 2.24) is 19.9 Å². The van der Waals surface area contributed by atoms with Crippen LogP contribution in [0, 0.1) is 0 Å². The highest BCUT2D eigenvalue weighted by Gasteiger charge is 2.19. The van der Waals surface area contributed by atoms with Crippen LogP contribution in [0.5, 0.6) is 11.5 Å². The molecule has 0 amide bonds. The fourth-order valence-electron chi connectivity index (χ4n) is 4.23. The molecular weight excluding hydrogens is 414 g/mol. The number of benzene rings is 3. The molecule has 1 aromatic heterocycles. The minimum Gasteiger partial charge on any atom is -0.495 e. The van der Waals surface area contributed by atoms with Crippen molar-refractivity contribution in [3.05, 3.63) is 72.8 Å². The Morgan fingerprint density at radius 3 is 2.15 bits per heavy atom. The summed E-state index contributed by atoms with van der Waals surface area (Å²) in [7, 11) is 1.73. The number of anilines is 1. The van der Waals surface area contributed by atoms with E-state index in [9.17, 15) is 0 Å². The second-order valence-corrected chi connectivity index (χ2v) is 8.17. The zero-order chi connectivity index (χ0) is 22.5. The highest BCUT2D eigenvalue weighted by molar-refractivity contribution is 5.73. The molecule has 0 saturated carbocycles. The minimum absolute atomic E-state index is 0.704. The molecule has 1 fully saturated rings. The first kappa shape index (κ1) is 21.3. The van der Waals surface area contributed by atoms with Gasteiger partial charge in [0.2, 0.25) is 0 Å². The minimum atomic E-state index is 0.704. The number of hydrogen-bond acceptors (Lipinski definition) is 6. The van der Waals surface area contributed by atoms with E-state index in [1.165, 1.54) is 5.69 Å². The smallest absolute Gasteiger partial charge is 0.142 e. The second-order valence-electron chi connectivity index (χ2n) is 8.17. The van der Waals surface area contributed by atoms with Gasteiger partial charge in [0.15, 0.2) is 0 Å². The van der Waals surface area contributed by atoms with Gasteiger partial charge in [-0.3, -0.25) is 4.90 Å². The van der Waals surface area contributed by atoms with E-state index < -0.39 is 0 Å². The highest BCUT2D eigenvalue weighted by atomic mass is 16.5. The predicted octanol–water partition coefficient (Wildman–Crippen LogP) is 4.02. The van der Waals surface area contributed by atoms with Crippen molar-refractivity contribution in [1.29, 1.82) is 0 Å². The molecule has 0 atom stereocenters. The largest absolute Gasteiger partial charge is 0.495 e. The van der Waals surface area contributed by atoms with E-state index in [1.807, 2.05) is 60.7 Å². The Labute approximate surface area is 194 Å². The molecule has 7 nitrogen and oxygen atoms in total. The number of rotatable bonds is 8. The molecule has 0 N–H and O–H groups in total. The number of nitrogens with zero attached hydrogens (tertiary/aromatic N) is 5. The van der Waals surface area contributed by atoms with Crippen molar-refractivity contribution >= 4 is 16.7 Å².